The first-order valence-electron chi connectivity index (χ1n) is 5.63. The number of hydrogen-bond acceptors (Lipinski definition) is 3. The molecule has 4 heteroatoms. The lowest BCUT2D eigenvalue weighted by Crippen LogP contribution is -2.08. The van der Waals surface area contributed by atoms with Gasteiger partial charge in [0.1, 0.15) is 11.3 Å². The second kappa shape index (κ2) is 7.33. The summed E-state index contributed by atoms with van der Waals surface area (Å²) in [7, 11) is 1.58. The minimum atomic E-state index is -0.329. The van der Waals surface area contributed by atoms with Crippen LogP contribution in [0.25, 0.3) is 0 Å². The van der Waals surface area contributed by atoms with Crippen molar-refractivity contribution >= 4 is 21.9 Å². The topological polar surface area (TPSA) is 35.5 Å². The van der Waals surface area contributed by atoms with Gasteiger partial charge in [0.2, 0.25) is 0 Å². The van der Waals surface area contributed by atoms with Crippen LogP contribution in [-0.2, 0) is 11.2 Å². The Balaban J connectivity index is 3.00. The Kier molecular flexibility index (Phi) is 6.05. The third-order valence-electron chi connectivity index (χ3n) is 2.38. The molecule has 0 aliphatic carbocycles. The smallest absolute Gasteiger partial charge is 0.341 e. The summed E-state index contributed by atoms with van der Waals surface area (Å²) in [6, 6.07) is 5.57. The Labute approximate surface area is 110 Å². The fourth-order valence-corrected chi connectivity index (χ4v) is 1.93. The van der Waals surface area contributed by atoms with Gasteiger partial charge in [-0.15, -0.1) is 0 Å². The number of para-hydroxylation sites is 1. The number of methoxy groups -OCH3 is 1. The zero-order valence-electron chi connectivity index (χ0n) is 10.2. The van der Waals surface area contributed by atoms with E-state index in [-0.39, 0.29) is 5.97 Å². The van der Waals surface area contributed by atoms with Gasteiger partial charge >= 0.3 is 5.97 Å². The van der Waals surface area contributed by atoms with Crippen molar-refractivity contribution in [1.29, 1.82) is 0 Å². The summed E-state index contributed by atoms with van der Waals surface area (Å²) >= 11 is 3.39. The van der Waals surface area contributed by atoms with Gasteiger partial charge in [-0.1, -0.05) is 28.1 Å². The van der Waals surface area contributed by atoms with Crippen molar-refractivity contribution in [2.24, 2.45) is 0 Å². The highest BCUT2D eigenvalue weighted by Gasteiger charge is 2.16. The van der Waals surface area contributed by atoms with E-state index in [2.05, 4.69) is 15.9 Å². The van der Waals surface area contributed by atoms with E-state index in [0.29, 0.717) is 17.9 Å². The molecule has 0 radical (unpaired) electrons. The molecule has 17 heavy (non-hydrogen) atoms. The Morgan fingerprint density at radius 2 is 2.18 bits per heavy atom. The number of aryl methyl sites for hydroxylation is 1. The maximum Gasteiger partial charge on any atom is 0.341 e. The molecular weight excluding hydrogens is 284 g/mol. The highest BCUT2D eigenvalue weighted by atomic mass is 79.9. The van der Waals surface area contributed by atoms with Gasteiger partial charge in [0.25, 0.3) is 0 Å². The van der Waals surface area contributed by atoms with Crippen molar-refractivity contribution in [3.05, 3.63) is 29.3 Å². The van der Waals surface area contributed by atoms with E-state index in [0.717, 1.165) is 23.7 Å². The lowest BCUT2D eigenvalue weighted by molar-refractivity contribution is 0.0522. The molecular formula is C13H17BrO3. The maximum absolute atomic E-state index is 11.7. The molecule has 1 aromatic rings. The average Bonchev–Trinajstić information content (AvgIpc) is 2.36. The summed E-state index contributed by atoms with van der Waals surface area (Å²) in [5.74, 6) is 0.303. The standard InChI is InChI=1S/C13H17BrO3/c1-3-17-13(15)11-8-4-6-10(7-5-9-14)12(11)16-2/h4,6,8H,3,5,7,9H2,1-2H3. The first kappa shape index (κ1) is 14.0. The molecule has 0 saturated carbocycles. The lowest BCUT2D eigenvalue weighted by atomic mass is 10.0. The van der Waals surface area contributed by atoms with E-state index in [4.69, 9.17) is 9.47 Å². The summed E-state index contributed by atoms with van der Waals surface area (Å²) < 4.78 is 10.3. The van der Waals surface area contributed by atoms with E-state index >= 15 is 0 Å². The molecule has 0 saturated heterocycles. The van der Waals surface area contributed by atoms with Crippen molar-refractivity contribution in [1.82, 2.24) is 0 Å². The van der Waals surface area contributed by atoms with Crippen LogP contribution in [0.1, 0.15) is 29.3 Å². The minimum absolute atomic E-state index is 0.329. The second-order valence-corrected chi connectivity index (χ2v) is 4.30. The molecule has 0 aliphatic rings. The third kappa shape index (κ3) is 3.73. The molecule has 0 aliphatic heterocycles. The van der Waals surface area contributed by atoms with E-state index in [1.807, 2.05) is 12.1 Å². The summed E-state index contributed by atoms with van der Waals surface area (Å²) in [6.45, 7) is 2.16. The normalized spacial score (nSPS) is 10.1. The van der Waals surface area contributed by atoms with Gasteiger partial charge in [-0.25, -0.2) is 4.79 Å². The average molecular weight is 301 g/mol. The van der Waals surface area contributed by atoms with Gasteiger partial charge in [0, 0.05) is 5.33 Å². The molecule has 0 bridgehead atoms. The van der Waals surface area contributed by atoms with Gasteiger partial charge in [-0.05, 0) is 31.4 Å². The molecule has 1 rings (SSSR count). The Hall–Kier alpha value is -1.03. The van der Waals surface area contributed by atoms with Crippen LogP contribution in [-0.4, -0.2) is 25.0 Å². The van der Waals surface area contributed by atoms with Crippen molar-refractivity contribution in [2.45, 2.75) is 19.8 Å². The second-order valence-electron chi connectivity index (χ2n) is 3.51. The summed E-state index contributed by atoms with van der Waals surface area (Å²) in [5.41, 5.74) is 1.54. The van der Waals surface area contributed by atoms with Crippen molar-refractivity contribution in [2.75, 3.05) is 19.0 Å². The number of carbonyl (C=O) groups is 1. The highest BCUT2D eigenvalue weighted by molar-refractivity contribution is 9.09. The zero-order valence-corrected chi connectivity index (χ0v) is 11.7. The molecule has 0 unspecified atom stereocenters. The number of benzene rings is 1. The fraction of sp³-hybridized carbons (Fsp3) is 0.462. The van der Waals surface area contributed by atoms with Crippen molar-refractivity contribution < 1.29 is 14.3 Å². The van der Waals surface area contributed by atoms with Crippen LogP contribution >= 0.6 is 15.9 Å². The first-order valence-corrected chi connectivity index (χ1v) is 6.75. The third-order valence-corrected chi connectivity index (χ3v) is 2.94. The van der Waals surface area contributed by atoms with Crippen LogP contribution in [0.15, 0.2) is 18.2 Å². The van der Waals surface area contributed by atoms with Gasteiger partial charge < -0.3 is 9.47 Å². The summed E-state index contributed by atoms with van der Waals surface area (Å²) in [6.07, 6.45) is 1.88. The van der Waals surface area contributed by atoms with Crippen LogP contribution in [0.4, 0.5) is 0 Å². The Bertz CT molecular complexity index is 377. The number of carbonyl (C=O) groups excluding carboxylic acids is 1. The molecule has 0 fully saturated rings. The lowest BCUT2D eigenvalue weighted by Gasteiger charge is -2.12. The Morgan fingerprint density at radius 1 is 1.41 bits per heavy atom. The number of ether oxygens (including phenoxy) is 2. The van der Waals surface area contributed by atoms with Gasteiger partial charge in [0.05, 0.1) is 13.7 Å². The van der Waals surface area contributed by atoms with Crippen LogP contribution in [0.2, 0.25) is 0 Å². The SMILES string of the molecule is CCOC(=O)c1cccc(CCCBr)c1OC. The number of halogens is 1. The predicted octanol–water partition coefficient (Wildman–Crippen LogP) is 3.20. The quantitative estimate of drug-likeness (QED) is 0.598. The number of rotatable bonds is 6. The van der Waals surface area contributed by atoms with E-state index in [1.165, 1.54) is 0 Å². The van der Waals surface area contributed by atoms with Crippen LogP contribution < -0.4 is 4.74 Å². The maximum atomic E-state index is 11.7. The van der Waals surface area contributed by atoms with Crippen molar-refractivity contribution in [3.63, 3.8) is 0 Å². The largest absolute Gasteiger partial charge is 0.496 e. The molecule has 0 atom stereocenters. The minimum Gasteiger partial charge on any atom is -0.496 e. The van der Waals surface area contributed by atoms with Gasteiger partial charge in [0.15, 0.2) is 0 Å². The predicted molar refractivity (Wildman–Crippen MR) is 71.1 cm³/mol. The highest BCUT2D eigenvalue weighted by Crippen LogP contribution is 2.25. The monoisotopic (exact) mass is 300 g/mol. The van der Waals surface area contributed by atoms with Crippen molar-refractivity contribution in [3.8, 4) is 5.75 Å². The van der Waals surface area contributed by atoms with Gasteiger partial charge in [-0.2, -0.15) is 0 Å². The van der Waals surface area contributed by atoms with E-state index in [1.54, 1.807) is 20.1 Å². The van der Waals surface area contributed by atoms with Crippen LogP contribution in [0, 0.1) is 0 Å². The Morgan fingerprint density at radius 3 is 2.76 bits per heavy atom. The molecule has 3 nitrogen and oxygen atoms in total. The molecule has 0 heterocycles. The number of hydrogen-bond donors (Lipinski definition) is 0. The van der Waals surface area contributed by atoms with Gasteiger partial charge in [-0.3, -0.25) is 0 Å². The fourth-order valence-electron chi connectivity index (χ4n) is 1.65. The van der Waals surface area contributed by atoms with Crippen LogP contribution in [0.5, 0.6) is 5.75 Å². The molecule has 0 spiro atoms. The first-order chi connectivity index (χ1) is 8.24. The summed E-state index contributed by atoms with van der Waals surface area (Å²) in [5, 5.41) is 0.930. The molecule has 1 aromatic carbocycles. The summed E-state index contributed by atoms with van der Waals surface area (Å²) in [4.78, 5) is 11.7. The van der Waals surface area contributed by atoms with Crippen LogP contribution in [0.3, 0.4) is 0 Å². The van der Waals surface area contributed by atoms with E-state index in [9.17, 15) is 4.79 Å². The molecule has 0 amide bonds. The zero-order chi connectivity index (χ0) is 12.7. The van der Waals surface area contributed by atoms with E-state index < -0.39 is 0 Å². The molecule has 0 aromatic heterocycles. The number of alkyl halides is 1. The molecule has 0 N–H and O–H groups in total. The molecule has 94 valence electrons. The number of esters is 1.